The predicted octanol–water partition coefficient (Wildman–Crippen LogP) is 1.41. The van der Waals surface area contributed by atoms with Crippen molar-refractivity contribution in [1.29, 1.82) is 0 Å². The van der Waals surface area contributed by atoms with Crippen LogP contribution in [0.2, 0.25) is 0 Å². The first-order valence-electron chi connectivity index (χ1n) is 2.61. The van der Waals surface area contributed by atoms with Gasteiger partial charge in [-0.15, -0.1) is 0 Å². The molecule has 0 heterocycles. The third kappa shape index (κ3) is 3.70. The second kappa shape index (κ2) is 3.22. The molecule has 0 aromatic carbocycles. The van der Waals surface area contributed by atoms with Crippen LogP contribution in [0.15, 0.2) is 17.5 Å². The molecule has 0 spiro atoms. The number of hydrazone groups is 1. The molecule has 0 fully saturated rings. The monoisotopic (exact) mass is 130 g/mol. The normalized spacial score (nSPS) is 11.3. The standard InChI is InChI=1S/C6H11FN2/c1-5(7)6(2)8-9(3)4/h1H2,2-4H3/b8-6+. The molecule has 52 valence electrons. The summed E-state index contributed by atoms with van der Waals surface area (Å²) in [5.41, 5.74) is 0.319. The van der Waals surface area contributed by atoms with Gasteiger partial charge in [0, 0.05) is 14.1 Å². The van der Waals surface area contributed by atoms with Crippen molar-refractivity contribution < 1.29 is 4.39 Å². The van der Waals surface area contributed by atoms with Gasteiger partial charge in [0.15, 0.2) is 0 Å². The van der Waals surface area contributed by atoms with Crippen molar-refractivity contribution in [3.8, 4) is 0 Å². The Balaban J connectivity index is 4.00. The molecule has 0 aromatic heterocycles. The van der Waals surface area contributed by atoms with Crippen LogP contribution in [0.3, 0.4) is 0 Å². The van der Waals surface area contributed by atoms with Crippen molar-refractivity contribution in [3.05, 3.63) is 12.4 Å². The SMILES string of the molecule is C=C(F)/C(C)=N/N(C)C. The summed E-state index contributed by atoms with van der Waals surface area (Å²) in [6.45, 7) is 4.66. The van der Waals surface area contributed by atoms with Gasteiger partial charge >= 0.3 is 0 Å². The fourth-order valence-corrected chi connectivity index (χ4v) is 0.354. The molecule has 3 heteroatoms. The highest BCUT2D eigenvalue weighted by molar-refractivity contribution is 5.95. The van der Waals surface area contributed by atoms with E-state index >= 15 is 0 Å². The van der Waals surface area contributed by atoms with Crippen molar-refractivity contribution in [2.45, 2.75) is 6.92 Å². The molecule has 9 heavy (non-hydrogen) atoms. The Labute approximate surface area is 54.7 Å². The summed E-state index contributed by atoms with van der Waals surface area (Å²) < 4.78 is 12.1. The molecule has 0 radical (unpaired) electrons. The Morgan fingerprint density at radius 1 is 1.56 bits per heavy atom. The molecule has 0 amide bonds. The van der Waals surface area contributed by atoms with E-state index in [1.54, 1.807) is 21.0 Å². The van der Waals surface area contributed by atoms with E-state index < -0.39 is 5.83 Å². The molecule has 0 saturated carbocycles. The van der Waals surface area contributed by atoms with Crippen LogP contribution >= 0.6 is 0 Å². The number of nitrogens with zero attached hydrogens (tertiary/aromatic N) is 2. The predicted molar refractivity (Wildman–Crippen MR) is 37.0 cm³/mol. The topological polar surface area (TPSA) is 15.6 Å². The van der Waals surface area contributed by atoms with E-state index in [-0.39, 0.29) is 0 Å². The number of hydrogen-bond donors (Lipinski definition) is 0. The Bertz CT molecular complexity index is 138. The first-order valence-corrected chi connectivity index (χ1v) is 2.61. The van der Waals surface area contributed by atoms with Gasteiger partial charge < -0.3 is 5.01 Å². The lowest BCUT2D eigenvalue weighted by atomic mass is 10.4. The molecular weight excluding hydrogens is 119 g/mol. The molecule has 0 aliphatic carbocycles. The van der Waals surface area contributed by atoms with Crippen LogP contribution in [0.25, 0.3) is 0 Å². The highest BCUT2D eigenvalue weighted by Crippen LogP contribution is 1.95. The molecule has 0 aliphatic heterocycles. The molecule has 0 N–H and O–H groups in total. The fourth-order valence-electron chi connectivity index (χ4n) is 0.354. The lowest BCUT2D eigenvalue weighted by Gasteiger charge is -2.04. The van der Waals surface area contributed by atoms with Gasteiger partial charge in [-0.1, -0.05) is 6.58 Å². The van der Waals surface area contributed by atoms with Crippen molar-refractivity contribution in [3.63, 3.8) is 0 Å². The van der Waals surface area contributed by atoms with E-state index in [1.807, 2.05) is 0 Å². The zero-order valence-corrected chi connectivity index (χ0v) is 5.98. The summed E-state index contributed by atoms with van der Waals surface area (Å²) in [7, 11) is 3.46. The van der Waals surface area contributed by atoms with Gasteiger partial charge in [0.1, 0.15) is 5.83 Å². The molecule has 0 bridgehead atoms. The van der Waals surface area contributed by atoms with E-state index in [0.717, 1.165) is 0 Å². The van der Waals surface area contributed by atoms with Gasteiger partial charge in [-0.2, -0.15) is 5.10 Å². The Morgan fingerprint density at radius 2 is 2.00 bits per heavy atom. The van der Waals surface area contributed by atoms with E-state index in [1.165, 1.54) is 5.01 Å². The second-order valence-electron chi connectivity index (χ2n) is 1.94. The van der Waals surface area contributed by atoms with Crippen LogP contribution in [0, 0.1) is 0 Å². The average Bonchev–Trinajstić information content (AvgIpc) is 1.63. The number of rotatable bonds is 2. The molecule has 0 atom stereocenters. The van der Waals surface area contributed by atoms with Crippen LogP contribution in [0.5, 0.6) is 0 Å². The number of halogens is 1. The van der Waals surface area contributed by atoms with Gasteiger partial charge in [-0.3, -0.25) is 0 Å². The molecule has 0 rings (SSSR count). The molecule has 0 saturated heterocycles. The minimum absolute atomic E-state index is 0.319. The highest BCUT2D eigenvalue weighted by Gasteiger charge is 1.94. The molecule has 0 unspecified atom stereocenters. The number of hydrogen-bond acceptors (Lipinski definition) is 2. The minimum atomic E-state index is -0.483. The van der Waals surface area contributed by atoms with E-state index in [2.05, 4.69) is 11.7 Å². The molecule has 0 aliphatic rings. The Hall–Kier alpha value is -0.860. The quantitative estimate of drug-likeness (QED) is 0.407. The summed E-state index contributed by atoms with van der Waals surface area (Å²) in [6, 6.07) is 0. The van der Waals surface area contributed by atoms with Gasteiger partial charge in [-0.25, -0.2) is 4.39 Å². The largest absolute Gasteiger partial charge is 0.303 e. The van der Waals surface area contributed by atoms with Gasteiger partial charge in [0.05, 0.1) is 5.71 Å². The summed E-state index contributed by atoms with van der Waals surface area (Å²) >= 11 is 0. The lowest BCUT2D eigenvalue weighted by Crippen LogP contribution is -2.06. The summed E-state index contributed by atoms with van der Waals surface area (Å²) in [5.74, 6) is -0.483. The third-order valence-corrected chi connectivity index (χ3v) is 0.743. The summed E-state index contributed by atoms with van der Waals surface area (Å²) in [5, 5.41) is 5.28. The maximum Gasteiger partial charge on any atom is 0.138 e. The summed E-state index contributed by atoms with van der Waals surface area (Å²) in [4.78, 5) is 0. The second-order valence-corrected chi connectivity index (χ2v) is 1.94. The Morgan fingerprint density at radius 3 is 2.11 bits per heavy atom. The van der Waals surface area contributed by atoms with Crippen LogP contribution in [0.1, 0.15) is 6.92 Å². The minimum Gasteiger partial charge on any atom is -0.303 e. The first kappa shape index (κ1) is 8.14. The average molecular weight is 130 g/mol. The van der Waals surface area contributed by atoms with Crippen molar-refractivity contribution in [2.75, 3.05) is 14.1 Å². The first-order chi connectivity index (χ1) is 4.04. The maximum absolute atomic E-state index is 12.1. The smallest absolute Gasteiger partial charge is 0.138 e. The number of allylic oxidation sites excluding steroid dienone is 1. The zero-order chi connectivity index (χ0) is 7.44. The van der Waals surface area contributed by atoms with Gasteiger partial charge in [0.2, 0.25) is 0 Å². The van der Waals surface area contributed by atoms with Crippen LogP contribution in [-0.4, -0.2) is 24.8 Å². The molecular formula is C6H11FN2. The van der Waals surface area contributed by atoms with Crippen molar-refractivity contribution >= 4 is 5.71 Å². The van der Waals surface area contributed by atoms with E-state index in [9.17, 15) is 4.39 Å². The molecule has 0 aromatic rings. The summed E-state index contributed by atoms with van der Waals surface area (Å²) in [6.07, 6.45) is 0. The Kier molecular flexibility index (Phi) is 2.91. The van der Waals surface area contributed by atoms with Crippen molar-refractivity contribution in [2.24, 2.45) is 5.10 Å². The van der Waals surface area contributed by atoms with Gasteiger partial charge in [0.25, 0.3) is 0 Å². The fraction of sp³-hybridized carbons (Fsp3) is 0.500. The highest BCUT2D eigenvalue weighted by atomic mass is 19.1. The maximum atomic E-state index is 12.1. The van der Waals surface area contributed by atoms with Crippen LogP contribution in [0.4, 0.5) is 4.39 Å². The zero-order valence-electron chi connectivity index (χ0n) is 5.98. The van der Waals surface area contributed by atoms with Gasteiger partial charge in [-0.05, 0) is 6.92 Å². The van der Waals surface area contributed by atoms with Crippen LogP contribution < -0.4 is 0 Å². The molecule has 2 nitrogen and oxygen atoms in total. The van der Waals surface area contributed by atoms with E-state index in [0.29, 0.717) is 5.71 Å². The van der Waals surface area contributed by atoms with Crippen molar-refractivity contribution in [1.82, 2.24) is 5.01 Å². The lowest BCUT2D eigenvalue weighted by molar-refractivity contribution is 0.435. The van der Waals surface area contributed by atoms with Crippen LogP contribution in [-0.2, 0) is 0 Å². The third-order valence-electron chi connectivity index (χ3n) is 0.743. The van der Waals surface area contributed by atoms with E-state index in [4.69, 9.17) is 0 Å².